The van der Waals surface area contributed by atoms with E-state index in [9.17, 15) is 10.1 Å². The normalized spacial score (nSPS) is 11.7. The van der Waals surface area contributed by atoms with Gasteiger partial charge in [0.25, 0.3) is 0 Å². The molecule has 76 valence electrons. The van der Waals surface area contributed by atoms with Crippen LogP contribution in [0.1, 0.15) is 19.0 Å². The van der Waals surface area contributed by atoms with Crippen LogP contribution < -0.4 is 5.73 Å². The summed E-state index contributed by atoms with van der Waals surface area (Å²) in [6.07, 6.45) is 1.81. The summed E-state index contributed by atoms with van der Waals surface area (Å²) in [7, 11) is 0. The Bertz CT molecular complexity index is 381. The molecule has 0 saturated heterocycles. The summed E-state index contributed by atoms with van der Waals surface area (Å²) in [5.41, 5.74) is 5.72. The summed E-state index contributed by atoms with van der Waals surface area (Å²) in [5, 5.41) is 18.1. The van der Waals surface area contributed by atoms with Gasteiger partial charge in [0.15, 0.2) is 0 Å². The van der Waals surface area contributed by atoms with Crippen molar-refractivity contribution < 1.29 is 4.92 Å². The van der Waals surface area contributed by atoms with Gasteiger partial charge in [-0.3, -0.25) is 10.1 Å². The summed E-state index contributed by atoms with van der Waals surface area (Å²) >= 11 is 0. The highest BCUT2D eigenvalue weighted by atomic mass is 16.6. The first-order chi connectivity index (χ1) is 6.54. The molecule has 0 atom stereocenters. The molecular formula is C7H11N5O2. The van der Waals surface area contributed by atoms with Crippen molar-refractivity contribution in [2.24, 2.45) is 10.8 Å². The SMILES string of the molecule is CCC(N)=Nn1cc([N+](=O)[O-])c(C)n1. The summed E-state index contributed by atoms with van der Waals surface area (Å²) in [4.78, 5) is 11.1. The van der Waals surface area contributed by atoms with E-state index in [1.807, 2.05) is 6.92 Å². The number of rotatable bonds is 3. The molecule has 1 aromatic heterocycles. The third-order valence-corrected chi connectivity index (χ3v) is 1.65. The second-order valence-corrected chi connectivity index (χ2v) is 2.72. The monoisotopic (exact) mass is 197 g/mol. The molecular weight excluding hydrogens is 186 g/mol. The number of hydrogen-bond acceptors (Lipinski definition) is 4. The van der Waals surface area contributed by atoms with E-state index in [-0.39, 0.29) is 5.69 Å². The van der Waals surface area contributed by atoms with Crippen LogP contribution in [0.2, 0.25) is 0 Å². The Kier molecular flexibility index (Phi) is 2.80. The Morgan fingerprint density at radius 1 is 1.86 bits per heavy atom. The van der Waals surface area contributed by atoms with Crippen molar-refractivity contribution >= 4 is 11.5 Å². The van der Waals surface area contributed by atoms with Gasteiger partial charge in [0, 0.05) is 6.42 Å². The summed E-state index contributed by atoms with van der Waals surface area (Å²) in [6, 6.07) is 0. The van der Waals surface area contributed by atoms with E-state index in [4.69, 9.17) is 5.73 Å². The number of amidine groups is 1. The van der Waals surface area contributed by atoms with Crippen LogP contribution >= 0.6 is 0 Å². The van der Waals surface area contributed by atoms with Crippen LogP contribution in [-0.2, 0) is 0 Å². The molecule has 0 bridgehead atoms. The molecule has 14 heavy (non-hydrogen) atoms. The maximum Gasteiger partial charge on any atom is 0.312 e. The summed E-state index contributed by atoms with van der Waals surface area (Å²) < 4.78 is 0. The molecule has 0 aliphatic rings. The average molecular weight is 197 g/mol. The first kappa shape index (κ1) is 10.2. The maximum absolute atomic E-state index is 10.5. The third-order valence-electron chi connectivity index (χ3n) is 1.65. The summed E-state index contributed by atoms with van der Waals surface area (Å²) in [5.74, 6) is 0.377. The highest BCUT2D eigenvalue weighted by molar-refractivity contribution is 5.79. The minimum absolute atomic E-state index is 0.0577. The zero-order valence-electron chi connectivity index (χ0n) is 7.97. The lowest BCUT2D eigenvalue weighted by Gasteiger charge is -1.93. The van der Waals surface area contributed by atoms with Crippen LogP contribution in [0.4, 0.5) is 5.69 Å². The molecule has 7 heteroatoms. The molecule has 0 spiro atoms. The van der Waals surface area contributed by atoms with Crippen LogP contribution in [0, 0.1) is 17.0 Å². The first-order valence-electron chi connectivity index (χ1n) is 4.08. The lowest BCUT2D eigenvalue weighted by atomic mass is 10.4. The van der Waals surface area contributed by atoms with Crippen LogP contribution in [0.3, 0.4) is 0 Å². The van der Waals surface area contributed by atoms with Gasteiger partial charge < -0.3 is 5.73 Å². The molecule has 7 nitrogen and oxygen atoms in total. The fourth-order valence-electron chi connectivity index (χ4n) is 0.869. The van der Waals surface area contributed by atoms with Gasteiger partial charge in [0.2, 0.25) is 0 Å². The Balaban J connectivity index is 3.03. The molecule has 0 aromatic carbocycles. The van der Waals surface area contributed by atoms with Crippen molar-refractivity contribution in [1.82, 2.24) is 9.89 Å². The van der Waals surface area contributed by atoms with Gasteiger partial charge >= 0.3 is 5.69 Å². The average Bonchev–Trinajstić information content (AvgIpc) is 2.46. The van der Waals surface area contributed by atoms with Crippen LogP contribution in [0.15, 0.2) is 11.3 Å². The van der Waals surface area contributed by atoms with Crippen LogP contribution in [0.5, 0.6) is 0 Å². The highest BCUT2D eigenvalue weighted by Gasteiger charge is 2.14. The predicted molar refractivity (Wildman–Crippen MR) is 50.9 cm³/mol. The largest absolute Gasteiger partial charge is 0.386 e. The van der Waals surface area contributed by atoms with Gasteiger partial charge in [-0.2, -0.15) is 0 Å². The van der Waals surface area contributed by atoms with Crippen molar-refractivity contribution in [3.05, 3.63) is 22.0 Å². The van der Waals surface area contributed by atoms with E-state index in [0.29, 0.717) is 18.0 Å². The maximum atomic E-state index is 10.5. The smallest absolute Gasteiger partial charge is 0.312 e. The summed E-state index contributed by atoms with van der Waals surface area (Å²) in [6.45, 7) is 3.38. The van der Waals surface area contributed by atoms with Crippen molar-refractivity contribution in [2.75, 3.05) is 0 Å². The minimum atomic E-state index is -0.503. The number of hydrogen-bond donors (Lipinski definition) is 1. The Morgan fingerprint density at radius 2 is 2.50 bits per heavy atom. The molecule has 0 radical (unpaired) electrons. The first-order valence-corrected chi connectivity index (χ1v) is 4.08. The molecule has 0 unspecified atom stereocenters. The molecule has 0 aliphatic heterocycles. The van der Waals surface area contributed by atoms with Crippen LogP contribution in [-0.4, -0.2) is 20.6 Å². The number of nitro groups is 1. The lowest BCUT2D eigenvalue weighted by molar-refractivity contribution is -0.385. The van der Waals surface area contributed by atoms with Crippen molar-refractivity contribution in [2.45, 2.75) is 20.3 Å². The molecule has 1 heterocycles. The van der Waals surface area contributed by atoms with Gasteiger partial charge in [-0.05, 0) is 6.92 Å². The zero-order valence-corrected chi connectivity index (χ0v) is 7.97. The number of nitrogens with two attached hydrogens (primary N) is 1. The second kappa shape index (κ2) is 3.86. The van der Waals surface area contributed by atoms with Gasteiger partial charge in [-0.1, -0.05) is 6.92 Å². The van der Waals surface area contributed by atoms with Crippen molar-refractivity contribution in [3.8, 4) is 0 Å². The minimum Gasteiger partial charge on any atom is -0.386 e. The number of nitrogens with zero attached hydrogens (tertiary/aromatic N) is 4. The standard InChI is InChI=1S/C7H11N5O2/c1-3-7(8)10-11-4-6(12(13)14)5(2)9-11/h4H,3H2,1-2H3,(H2,8,10). The molecule has 2 N–H and O–H groups in total. The fraction of sp³-hybridized carbons (Fsp3) is 0.429. The van der Waals surface area contributed by atoms with Gasteiger partial charge in [-0.25, -0.2) is 0 Å². The van der Waals surface area contributed by atoms with E-state index in [1.54, 1.807) is 6.92 Å². The number of aromatic nitrogens is 2. The Morgan fingerprint density at radius 3 is 2.93 bits per heavy atom. The van der Waals surface area contributed by atoms with Gasteiger partial charge in [0.05, 0.1) is 4.92 Å². The number of aryl methyl sites for hydroxylation is 1. The molecule has 1 rings (SSSR count). The second-order valence-electron chi connectivity index (χ2n) is 2.72. The van der Waals surface area contributed by atoms with E-state index in [0.717, 1.165) is 4.79 Å². The topological polar surface area (TPSA) is 99.3 Å². The Hall–Kier alpha value is -1.92. The fourth-order valence-corrected chi connectivity index (χ4v) is 0.869. The van der Waals surface area contributed by atoms with Crippen molar-refractivity contribution in [1.29, 1.82) is 0 Å². The predicted octanol–water partition coefficient (Wildman–Crippen LogP) is 0.630. The molecule has 0 saturated carbocycles. The van der Waals surface area contributed by atoms with E-state index in [2.05, 4.69) is 10.2 Å². The Labute approximate surface area is 80.4 Å². The van der Waals surface area contributed by atoms with E-state index in [1.165, 1.54) is 6.20 Å². The van der Waals surface area contributed by atoms with Crippen LogP contribution in [0.25, 0.3) is 0 Å². The van der Waals surface area contributed by atoms with Crippen molar-refractivity contribution in [3.63, 3.8) is 0 Å². The molecule has 1 aromatic rings. The molecule has 0 fully saturated rings. The lowest BCUT2D eigenvalue weighted by Crippen LogP contribution is -2.12. The zero-order chi connectivity index (χ0) is 10.7. The quantitative estimate of drug-likeness (QED) is 0.332. The molecule has 0 aliphatic carbocycles. The highest BCUT2D eigenvalue weighted by Crippen LogP contribution is 2.14. The third kappa shape index (κ3) is 2.06. The van der Waals surface area contributed by atoms with E-state index >= 15 is 0 Å². The van der Waals surface area contributed by atoms with E-state index < -0.39 is 4.92 Å². The van der Waals surface area contributed by atoms with Gasteiger partial charge in [0.1, 0.15) is 17.7 Å². The molecule has 0 amide bonds. The van der Waals surface area contributed by atoms with Gasteiger partial charge in [-0.15, -0.1) is 15.0 Å².